The number of nitrogens with zero attached hydrogens (tertiary/aromatic N) is 4. The average Bonchev–Trinajstić information content (AvgIpc) is 3.37. The van der Waals surface area contributed by atoms with Crippen LogP contribution < -0.4 is 4.74 Å². The number of halogens is 1. The second-order valence-corrected chi connectivity index (χ2v) is 8.32. The summed E-state index contributed by atoms with van der Waals surface area (Å²) in [5, 5.41) is 5.10. The molecule has 9 heteroatoms. The van der Waals surface area contributed by atoms with Crippen LogP contribution in [0.5, 0.6) is 5.75 Å². The molecule has 0 saturated carbocycles. The van der Waals surface area contributed by atoms with Crippen LogP contribution in [0.4, 0.5) is 0 Å². The third-order valence-corrected chi connectivity index (χ3v) is 5.96. The molecule has 0 N–H and O–H groups in total. The minimum Gasteiger partial charge on any atom is -0.496 e. The largest absolute Gasteiger partial charge is 0.496 e. The molecule has 0 fully saturated rings. The van der Waals surface area contributed by atoms with Crippen LogP contribution in [0, 0.1) is 0 Å². The topological polar surface area (TPSA) is 80.4 Å². The number of ether oxygens (including phenoxy) is 3. The fourth-order valence-corrected chi connectivity index (χ4v) is 4.20. The van der Waals surface area contributed by atoms with Crippen molar-refractivity contribution in [1.82, 2.24) is 19.3 Å². The zero-order valence-corrected chi connectivity index (χ0v) is 19.1. The van der Waals surface area contributed by atoms with E-state index in [2.05, 4.69) is 14.6 Å². The van der Waals surface area contributed by atoms with E-state index in [-0.39, 0.29) is 19.0 Å². The molecule has 2 aromatic heterocycles. The van der Waals surface area contributed by atoms with Crippen LogP contribution in [0.2, 0.25) is 5.02 Å². The van der Waals surface area contributed by atoms with Gasteiger partial charge in [0.25, 0.3) is 0 Å². The molecule has 0 atom stereocenters. The lowest BCUT2D eigenvalue weighted by atomic mass is 10.1. The Morgan fingerprint density at radius 3 is 2.94 bits per heavy atom. The second kappa shape index (κ2) is 8.88. The van der Waals surface area contributed by atoms with Gasteiger partial charge in [-0.1, -0.05) is 17.7 Å². The number of fused-ring (bicyclic) bond motifs is 3. The van der Waals surface area contributed by atoms with E-state index in [1.54, 1.807) is 31.0 Å². The summed E-state index contributed by atoms with van der Waals surface area (Å²) in [5.74, 6) is 1.22. The predicted octanol–water partition coefficient (Wildman–Crippen LogP) is 3.91. The number of benzene rings is 2. The highest BCUT2D eigenvalue weighted by molar-refractivity contribution is 6.30. The Bertz CT molecular complexity index is 1340. The molecule has 4 aromatic rings. The standard InChI is InChI=1S/C24H23ClN4O4/c1-28-17(11-19(27-28)18-5-4-16(25)10-22(18)31-2)12-24(30)33-13-15-3-6-21-20(9-15)26-23-14-32-8-7-29(21)23/h3-6,9-11H,7-8,12-14H2,1-2H3. The van der Waals surface area contributed by atoms with Crippen molar-refractivity contribution in [2.75, 3.05) is 13.7 Å². The molecule has 0 spiro atoms. The molecular formula is C24H23ClN4O4. The minimum atomic E-state index is -0.328. The lowest BCUT2D eigenvalue weighted by molar-refractivity contribution is -0.144. The Hall–Kier alpha value is -3.36. The molecule has 0 aliphatic carbocycles. The monoisotopic (exact) mass is 466 g/mol. The molecule has 0 bridgehead atoms. The van der Waals surface area contributed by atoms with Crippen molar-refractivity contribution in [3.05, 3.63) is 64.6 Å². The Kier molecular flexibility index (Phi) is 5.78. The highest BCUT2D eigenvalue weighted by atomic mass is 35.5. The number of carbonyl (C=O) groups is 1. The third-order valence-electron chi connectivity index (χ3n) is 5.72. The summed E-state index contributed by atoms with van der Waals surface area (Å²) in [6.07, 6.45) is 0.109. The summed E-state index contributed by atoms with van der Waals surface area (Å²) < 4.78 is 20.3. The fourth-order valence-electron chi connectivity index (χ4n) is 4.04. The van der Waals surface area contributed by atoms with Gasteiger partial charge in [-0.05, 0) is 42.0 Å². The number of esters is 1. The van der Waals surface area contributed by atoms with E-state index in [0.717, 1.165) is 40.2 Å². The van der Waals surface area contributed by atoms with E-state index < -0.39 is 0 Å². The summed E-state index contributed by atoms with van der Waals surface area (Å²) in [5.41, 5.74) is 5.10. The Morgan fingerprint density at radius 1 is 1.21 bits per heavy atom. The molecule has 0 unspecified atom stereocenters. The van der Waals surface area contributed by atoms with Crippen molar-refractivity contribution in [3.63, 3.8) is 0 Å². The second-order valence-electron chi connectivity index (χ2n) is 7.88. The first-order chi connectivity index (χ1) is 16.0. The predicted molar refractivity (Wildman–Crippen MR) is 123 cm³/mol. The van der Waals surface area contributed by atoms with Crippen molar-refractivity contribution in [2.45, 2.75) is 26.2 Å². The SMILES string of the molecule is COc1cc(Cl)ccc1-c1cc(CC(=O)OCc2ccc3c(c2)nc2n3CCOC2)n(C)n1. The number of imidazole rings is 1. The quantitative estimate of drug-likeness (QED) is 0.401. The molecule has 33 heavy (non-hydrogen) atoms. The van der Waals surface area contributed by atoms with Gasteiger partial charge in [0.15, 0.2) is 0 Å². The summed E-state index contributed by atoms with van der Waals surface area (Å²) in [4.78, 5) is 17.2. The molecule has 0 saturated heterocycles. The molecule has 1 aliphatic rings. The smallest absolute Gasteiger partial charge is 0.312 e. The molecule has 170 valence electrons. The van der Waals surface area contributed by atoms with Crippen LogP contribution in [-0.4, -0.2) is 39.0 Å². The van der Waals surface area contributed by atoms with Crippen molar-refractivity contribution >= 4 is 28.6 Å². The van der Waals surface area contributed by atoms with Gasteiger partial charge >= 0.3 is 5.97 Å². The lowest BCUT2D eigenvalue weighted by Crippen LogP contribution is -2.16. The van der Waals surface area contributed by atoms with Gasteiger partial charge in [-0.2, -0.15) is 5.10 Å². The maximum Gasteiger partial charge on any atom is 0.312 e. The lowest BCUT2D eigenvalue weighted by Gasteiger charge is -2.14. The Labute approximate surface area is 195 Å². The number of rotatable bonds is 6. The number of methoxy groups -OCH3 is 1. The number of aryl methyl sites for hydroxylation is 1. The Balaban J connectivity index is 1.26. The van der Waals surface area contributed by atoms with Gasteiger partial charge in [-0.15, -0.1) is 0 Å². The molecule has 2 aromatic carbocycles. The summed E-state index contributed by atoms with van der Waals surface area (Å²) >= 11 is 6.05. The van der Waals surface area contributed by atoms with Gasteiger partial charge in [-0.25, -0.2) is 4.98 Å². The van der Waals surface area contributed by atoms with E-state index in [4.69, 9.17) is 25.8 Å². The first kappa shape index (κ1) is 21.5. The minimum absolute atomic E-state index is 0.109. The average molecular weight is 467 g/mol. The fraction of sp³-hybridized carbons (Fsp3) is 0.292. The van der Waals surface area contributed by atoms with E-state index >= 15 is 0 Å². The number of hydrogen-bond donors (Lipinski definition) is 0. The first-order valence-corrected chi connectivity index (χ1v) is 11.0. The van der Waals surface area contributed by atoms with E-state index in [9.17, 15) is 4.79 Å². The van der Waals surface area contributed by atoms with E-state index in [1.165, 1.54) is 0 Å². The maximum absolute atomic E-state index is 12.5. The van der Waals surface area contributed by atoms with Crippen LogP contribution in [0.25, 0.3) is 22.3 Å². The zero-order chi connectivity index (χ0) is 22.9. The van der Waals surface area contributed by atoms with Crippen molar-refractivity contribution in [2.24, 2.45) is 7.05 Å². The molecule has 8 nitrogen and oxygen atoms in total. The van der Waals surface area contributed by atoms with Gasteiger partial charge in [0.2, 0.25) is 0 Å². The first-order valence-electron chi connectivity index (χ1n) is 10.6. The van der Waals surface area contributed by atoms with Crippen LogP contribution in [0.15, 0.2) is 42.5 Å². The molecule has 1 aliphatic heterocycles. The van der Waals surface area contributed by atoms with Crippen molar-refractivity contribution < 1.29 is 19.0 Å². The molecule has 5 rings (SSSR count). The van der Waals surface area contributed by atoms with Gasteiger partial charge < -0.3 is 18.8 Å². The molecular weight excluding hydrogens is 444 g/mol. The molecule has 3 heterocycles. The maximum atomic E-state index is 12.5. The summed E-state index contributed by atoms with van der Waals surface area (Å²) in [7, 11) is 3.38. The van der Waals surface area contributed by atoms with Gasteiger partial charge in [-0.3, -0.25) is 9.48 Å². The van der Waals surface area contributed by atoms with Crippen molar-refractivity contribution in [1.29, 1.82) is 0 Å². The van der Waals surface area contributed by atoms with Crippen LogP contribution in [0.1, 0.15) is 17.1 Å². The van der Waals surface area contributed by atoms with Crippen molar-refractivity contribution in [3.8, 4) is 17.0 Å². The molecule has 0 amide bonds. The third kappa shape index (κ3) is 4.31. The molecule has 0 radical (unpaired) electrons. The highest BCUT2D eigenvalue weighted by Crippen LogP contribution is 2.32. The van der Waals surface area contributed by atoms with Crippen LogP contribution in [-0.2, 0) is 47.5 Å². The summed E-state index contributed by atoms with van der Waals surface area (Å²) in [6, 6.07) is 13.2. The number of carbonyl (C=O) groups excluding carboxylic acids is 1. The van der Waals surface area contributed by atoms with E-state index in [1.807, 2.05) is 30.3 Å². The number of aromatic nitrogens is 4. The summed E-state index contributed by atoms with van der Waals surface area (Å²) in [6.45, 7) is 2.20. The normalized spacial score (nSPS) is 13.2. The number of hydrogen-bond acceptors (Lipinski definition) is 6. The van der Waals surface area contributed by atoms with Crippen LogP contribution >= 0.6 is 11.6 Å². The van der Waals surface area contributed by atoms with E-state index in [0.29, 0.717) is 29.7 Å². The Morgan fingerprint density at radius 2 is 2.09 bits per heavy atom. The highest BCUT2D eigenvalue weighted by Gasteiger charge is 2.17. The van der Waals surface area contributed by atoms with Crippen LogP contribution in [0.3, 0.4) is 0 Å². The van der Waals surface area contributed by atoms with Gasteiger partial charge in [0.1, 0.15) is 24.8 Å². The zero-order valence-electron chi connectivity index (χ0n) is 18.4. The van der Waals surface area contributed by atoms with Gasteiger partial charge in [0.05, 0.1) is 36.9 Å². The van der Waals surface area contributed by atoms with Gasteiger partial charge in [0, 0.05) is 29.9 Å².